The van der Waals surface area contributed by atoms with Crippen LogP contribution in [0.1, 0.15) is 53.6 Å². The molecule has 1 atom stereocenters. The minimum absolute atomic E-state index is 0.133. The van der Waals surface area contributed by atoms with Crippen molar-refractivity contribution in [2.75, 3.05) is 27.3 Å². The molecule has 0 fully saturated rings. The summed E-state index contributed by atoms with van der Waals surface area (Å²) in [5, 5.41) is 0. The smallest absolute Gasteiger partial charge is 0.162 e. The quantitative estimate of drug-likeness (QED) is 0.164. The summed E-state index contributed by atoms with van der Waals surface area (Å²) in [5.74, 6) is 3.02. The topological polar surface area (TPSA) is 40.2 Å². The first-order chi connectivity index (χ1) is 20.7. The Balaban J connectivity index is 1.40. The van der Waals surface area contributed by atoms with E-state index in [1.807, 2.05) is 42.5 Å². The molecule has 0 spiro atoms. The minimum Gasteiger partial charge on any atom is -0.493 e. The second-order valence-corrected chi connectivity index (χ2v) is 10.6. The van der Waals surface area contributed by atoms with Gasteiger partial charge in [0.25, 0.3) is 0 Å². The molecule has 1 unspecified atom stereocenters. The van der Waals surface area contributed by atoms with Gasteiger partial charge in [-0.05, 0) is 71.5 Å². The van der Waals surface area contributed by atoms with E-state index in [-0.39, 0.29) is 6.04 Å². The summed E-state index contributed by atoms with van der Waals surface area (Å²) in [6.45, 7) is 5.29. The van der Waals surface area contributed by atoms with Gasteiger partial charge in [-0.3, -0.25) is 4.90 Å². The molecule has 0 radical (unpaired) electrons. The Morgan fingerprint density at radius 1 is 0.738 bits per heavy atom. The van der Waals surface area contributed by atoms with Gasteiger partial charge in [-0.15, -0.1) is 0 Å². The third-order valence-electron chi connectivity index (χ3n) is 7.74. The summed E-state index contributed by atoms with van der Waals surface area (Å²) in [5.41, 5.74) is 5.90. The predicted octanol–water partition coefficient (Wildman–Crippen LogP) is 8.27. The van der Waals surface area contributed by atoms with Crippen LogP contribution in [0.5, 0.6) is 23.0 Å². The predicted molar refractivity (Wildman–Crippen MR) is 169 cm³/mol. The molecule has 0 aromatic heterocycles. The molecule has 0 saturated heterocycles. The molecule has 0 aliphatic carbocycles. The van der Waals surface area contributed by atoms with Crippen molar-refractivity contribution in [2.24, 2.45) is 0 Å². The third kappa shape index (κ3) is 7.34. The Kier molecular flexibility index (Phi) is 10.2. The Labute approximate surface area is 250 Å². The Hall–Kier alpha value is -4.22. The van der Waals surface area contributed by atoms with E-state index in [0.717, 1.165) is 72.0 Å². The van der Waals surface area contributed by atoms with Gasteiger partial charge in [-0.2, -0.15) is 0 Å². The van der Waals surface area contributed by atoms with Crippen molar-refractivity contribution in [3.63, 3.8) is 0 Å². The summed E-state index contributed by atoms with van der Waals surface area (Å²) in [6, 6.07) is 31.0. The molecule has 4 aromatic carbocycles. The van der Waals surface area contributed by atoms with Crippen LogP contribution in [-0.2, 0) is 19.6 Å². The van der Waals surface area contributed by atoms with Crippen molar-refractivity contribution in [2.45, 2.75) is 45.4 Å². The van der Waals surface area contributed by atoms with Gasteiger partial charge in [0.1, 0.15) is 13.2 Å². The minimum atomic E-state index is 0.133. The van der Waals surface area contributed by atoms with E-state index in [9.17, 15) is 0 Å². The van der Waals surface area contributed by atoms with Crippen molar-refractivity contribution in [1.29, 1.82) is 0 Å². The summed E-state index contributed by atoms with van der Waals surface area (Å²) in [7, 11) is 3.39. The maximum Gasteiger partial charge on any atom is 0.162 e. The maximum absolute atomic E-state index is 6.24. The average molecular weight is 564 g/mol. The number of hydrogen-bond acceptors (Lipinski definition) is 5. The fourth-order valence-corrected chi connectivity index (χ4v) is 5.40. The second kappa shape index (κ2) is 14.6. The fourth-order valence-electron chi connectivity index (χ4n) is 5.40. The van der Waals surface area contributed by atoms with E-state index < -0.39 is 0 Å². The third-order valence-corrected chi connectivity index (χ3v) is 7.74. The lowest BCUT2D eigenvalue weighted by Gasteiger charge is -2.36. The number of methoxy groups -OCH3 is 2. The molecule has 1 aliphatic heterocycles. The largest absolute Gasteiger partial charge is 0.493 e. The first-order valence-corrected chi connectivity index (χ1v) is 14.8. The van der Waals surface area contributed by atoms with E-state index in [1.165, 1.54) is 11.1 Å². The number of nitrogens with zero attached hydrogens (tertiary/aromatic N) is 1. The number of unbranched alkanes of at least 4 members (excludes halogenated alkanes) is 1. The van der Waals surface area contributed by atoms with Crippen LogP contribution in [0, 0.1) is 0 Å². The van der Waals surface area contributed by atoms with Crippen LogP contribution in [0.25, 0.3) is 6.08 Å². The zero-order chi connectivity index (χ0) is 29.1. The van der Waals surface area contributed by atoms with Gasteiger partial charge in [-0.25, -0.2) is 0 Å². The van der Waals surface area contributed by atoms with E-state index in [2.05, 4.69) is 72.5 Å². The molecule has 1 heterocycles. The number of benzene rings is 4. The second-order valence-electron chi connectivity index (χ2n) is 10.6. The first kappa shape index (κ1) is 29.3. The maximum atomic E-state index is 6.24. The van der Waals surface area contributed by atoms with Crippen LogP contribution in [0.2, 0.25) is 0 Å². The normalized spacial score (nSPS) is 14.9. The van der Waals surface area contributed by atoms with Crippen molar-refractivity contribution in [3.05, 3.63) is 125 Å². The van der Waals surface area contributed by atoms with Crippen LogP contribution >= 0.6 is 0 Å². The van der Waals surface area contributed by atoms with Crippen molar-refractivity contribution in [3.8, 4) is 23.0 Å². The molecule has 0 amide bonds. The fraction of sp³-hybridized carbons (Fsp3) is 0.297. The molecule has 5 heteroatoms. The van der Waals surface area contributed by atoms with Crippen molar-refractivity contribution in [1.82, 2.24) is 4.90 Å². The molecule has 0 bridgehead atoms. The van der Waals surface area contributed by atoms with E-state index in [4.69, 9.17) is 18.9 Å². The SMILES string of the molecule is CCCCN1CCc2cc(OCc3ccccc3)c(OC)cc2C1/C=C/c1ccc(OC)c(OCc2ccccc2)c1. The molecule has 0 saturated carbocycles. The zero-order valence-corrected chi connectivity index (χ0v) is 24.9. The van der Waals surface area contributed by atoms with Crippen LogP contribution in [0.3, 0.4) is 0 Å². The van der Waals surface area contributed by atoms with Crippen LogP contribution < -0.4 is 18.9 Å². The van der Waals surface area contributed by atoms with Gasteiger partial charge in [-0.1, -0.05) is 92.2 Å². The summed E-state index contributed by atoms with van der Waals surface area (Å²) < 4.78 is 23.8. The first-order valence-electron chi connectivity index (χ1n) is 14.8. The van der Waals surface area contributed by atoms with E-state index in [0.29, 0.717) is 13.2 Å². The molecule has 42 heavy (non-hydrogen) atoms. The molecular formula is C37H41NO4. The van der Waals surface area contributed by atoms with Crippen molar-refractivity contribution >= 4 is 6.08 Å². The van der Waals surface area contributed by atoms with Gasteiger partial charge in [0, 0.05) is 6.54 Å². The number of rotatable bonds is 13. The van der Waals surface area contributed by atoms with Crippen LogP contribution in [-0.4, -0.2) is 32.2 Å². The molecule has 0 N–H and O–H groups in total. The monoisotopic (exact) mass is 563 g/mol. The van der Waals surface area contributed by atoms with Crippen LogP contribution in [0.15, 0.2) is 97.1 Å². The molecule has 4 aromatic rings. The molecule has 218 valence electrons. The Bertz CT molecular complexity index is 1450. The lowest BCUT2D eigenvalue weighted by Crippen LogP contribution is -2.35. The Morgan fingerprint density at radius 3 is 2.00 bits per heavy atom. The van der Waals surface area contributed by atoms with Crippen molar-refractivity contribution < 1.29 is 18.9 Å². The van der Waals surface area contributed by atoms with Gasteiger partial charge in [0.05, 0.1) is 20.3 Å². The van der Waals surface area contributed by atoms with Gasteiger partial charge in [0.15, 0.2) is 23.0 Å². The number of ether oxygens (including phenoxy) is 4. The molecular weight excluding hydrogens is 522 g/mol. The van der Waals surface area contributed by atoms with Crippen LogP contribution in [0.4, 0.5) is 0 Å². The highest BCUT2D eigenvalue weighted by Gasteiger charge is 2.27. The standard InChI is InChI=1S/C37H41NO4/c1-4-5-21-38-22-20-31-24-37(42-27-30-14-10-7-11-15-30)35(40-3)25-32(31)33(38)18-16-28-17-19-34(39-2)36(23-28)41-26-29-12-8-6-9-13-29/h6-19,23-25,33H,4-5,20-22,26-27H2,1-3H3/b18-16+. The lowest BCUT2D eigenvalue weighted by atomic mass is 9.91. The van der Waals surface area contributed by atoms with Gasteiger partial charge >= 0.3 is 0 Å². The summed E-state index contributed by atoms with van der Waals surface area (Å²) in [6.07, 6.45) is 7.81. The molecule has 5 rings (SSSR count). The number of hydrogen-bond donors (Lipinski definition) is 0. The summed E-state index contributed by atoms with van der Waals surface area (Å²) in [4.78, 5) is 2.57. The highest BCUT2D eigenvalue weighted by atomic mass is 16.5. The highest BCUT2D eigenvalue weighted by Crippen LogP contribution is 2.40. The summed E-state index contributed by atoms with van der Waals surface area (Å²) >= 11 is 0. The average Bonchev–Trinajstić information content (AvgIpc) is 3.05. The van der Waals surface area contributed by atoms with E-state index in [1.54, 1.807) is 14.2 Å². The Morgan fingerprint density at radius 2 is 1.38 bits per heavy atom. The van der Waals surface area contributed by atoms with Gasteiger partial charge in [0.2, 0.25) is 0 Å². The molecule has 5 nitrogen and oxygen atoms in total. The van der Waals surface area contributed by atoms with Gasteiger partial charge < -0.3 is 18.9 Å². The lowest BCUT2D eigenvalue weighted by molar-refractivity contribution is 0.214. The highest BCUT2D eigenvalue weighted by molar-refractivity contribution is 5.58. The number of fused-ring (bicyclic) bond motifs is 1. The zero-order valence-electron chi connectivity index (χ0n) is 24.9. The molecule has 1 aliphatic rings. The van der Waals surface area contributed by atoms with E-state index >= 15 is 0 Å².